The van der Waals surface area contributed by atoms with E-state index >= 15 is 0 Å². The molecule has 1 unspecified atom stereocenters. The van der Waals surface area contributed by atoms with Gasteiger partial charge in [-0.3, -0.25) is 4.79 Å². The molecule has 1 amide bonds. The highest BCUT2D eigenvalue weighted by molar-refractivity contribution is 6.30. The SMILES string of the molecule is CC(Oc1cccc(Cl)c1)C(=O)N(C)Cc1ccc2c(c1)OCCO2. The molecule has 0 bridgehead atoms. The molecular formula is C19H20ClNO4. The largest absolute Gasteiger partial charge is 0.486 e. The second-order valence-electron chi connectivity index (χ2n) is 5.89. The van der Waals surface area contributed by atoms with E-state index < -0.39 is 6.10 Å². The van der Waals surface area contributed by atoms with Crippen LogP contribution in [0.15, 0.2) is 42.5 Å². The Morgan fingerprint density at radius 2 is 1.96 bits per heavy atom. The first-order valence-corrected chi connectivity index (χ1v) is 8.46. The summed E-state index contributed by atoms with van der Waals surface area (Å²) in [5.74, 6) is 1.91. The van der Waals surface area contributed by atoms with Crippen molar-refractivity contribution >= 4 is 17.5 Å². The van der Waals surface area contributed by atoms with Gasteiger partial charge in [-0.05, 0) is 42.8 Å². The lowest BCUT2D eigenvalue weighted by atomic mass is 10.1. The van der Waals surface area contributed by atoms with E-state index in [-0.39, 0.29) is 5.91 Å². The standard InChI is InChI=1S/C19H20ClNO4/c1-13(25-16-5-3-4-15(20)11-16)19(22)21(2)12-14-6-7-17-18(10-14)24-9-8-23-17/h3-7,10-11,13H,8-9,12H2,1-2H3. The average molecular weight is 362 g/mol. The lowest BCUT2D eigenvalue weighted by Gasteiger charge is -2.23. The molecule has 0 spiro atoms. The number of hydrogen-bond acceptors (Lipinski definition) is 4. The Morgan fingerprint density at radius 3 is 2.72 bits per heavy atom. The number of carbonyl (C=O) groups is 1. The number of nitrogens with zero attached hydrogens (tertiary/aromatic N) is 1. The van der Waals surface area contributed by atoms with Crippen LogP contribution >= 0.6 is 11.6 Å². The van der Waals surface area contributed by atoms with Crippen molar-refractivity contribution in [2.75, 3.05) is 20.3 Å². The third-order valence-electron chi connectivity index (χ3n) is 3.86. The molecule has 0 aromatic heterocycles. The molecule has 0 N–H and O–H groups in total. The highest BCUT2D eigenvalue weighted by Gasteiger charge is 2.20. The van der Waals surface area contributed by atoms with Crippen LogP contribution in [-0.4, -0.2) is 37.2 Å². The Balaban J connectivity index is 1.62. The molecule has 132 valence electrons. The summed E-state index contributed by atoms with van der Waals surface area (Å²) >= 11 is 5.94. The molecule has 1 heterocycles. The van der Waals surface area contributed by atoms with Gasteiger partial charge in [-0.25, -0.2) is 0 Å². The van der Waals surface area contributed by atoms with Crippen LogP contribution in [0.1, 0.15) is 12.5 Å². The van der Waals surface area contributed by atoms with Gasteiger partial charge in [0.05, 0.1) is 0 Å². The van der Waals surface area contributed by atoms with Crippen molar-refractivity contribution in [3.63, 3.8) is 0 Å². The number of fused-ring (bicyclic) bond motifs is 1. The van der Waals surface area contributed by atoms with E-state index in [2.05, 4.69) is 0 Å². The van der Waals surface area contributed by atoms with Crippen LogP contribution in [-0.2, 0) is 11.3 Å². The number of likely N-dealkylation sites (N-methyl/N-ethyl adjacent to an activating group) is 1. The van der Waals surface area contributed by atoms with Gasteiger partial charge < -0.3 is 19.1 Å². The molecule has 2 aromatic rings. The minimum absolute atomic E-state index is 0.116. The minimum atomic E-state index is -0.610. The third kappa shape index (κ3) is 4.37. The second kappa shape index (κ2) is 7.66. The van der Waals surface area contributed by atoms with E-state index in [0.717, 1.165) is 11.3 Å². The van der Waals surface area contributed by atoms with Crippen molar-refractivity contribution in [3.05, 3.63) is 53.1 Å². The summed E-state index contributed by atoms with van der Waals surface area (Å²) in [5, 5.41) is 0.571. The lowest BCUT2D eigenvalue weighted by Crippen LogP contribution is -2.37. The van der Waals surface area contributed by atoms with Crippen LogP contribution in [0.5, 0.6) is 17.2 Å². The number of carbonyl (C=O) groups excluding carboxylic acids is 1. The van der Waals surface area contributed by atoms with Crippen LogP contribution < -0.4 is 14.2 Å². The maximum atomic E-state index is 12.5. The van der Waals surface area contributed by atoms with Gasteiger partial charge in [0.15, 0.2) is 17.6 Å². The summed E-state index contributed by atoms with van der Waals surface area (Å²) in [5.41, 5.74) is 0.968. The van der Waals surface area contributed by atoms with Crippen molar-refractivity contribution in [1.29, 1.82) is 0 Å². The summed E-state index contributed by atoms with van der Waals surface area (Å²) in [7, 11) is 1.75. The van der Waals surface area contributed by atoms with Gasteiger partial charge in [-0.2, -0.15) is 0 Å². The van der Waals surface area contributed by atoms with Gasteiger partial charge in [-0.15, -0.1) is 0 Å². The highest BCUT2D eigenvalue weighted by atomic mass is 35.5. The molecule has 0 fully saturated rings. The number of hydrogen-bond donors (Lipinski definition) is 0. The zero-order valence-electron chi connectivity index (χ0n) is 14.2. The van der Waals surface area contributed by atoms with Gasteiger partial charge in [0.1, 0.15) is 19.0 Å². The van der Waals surface area contributed by atoms with Crippen molar-refractivity contribution in [3.8, 4) is 17.2 Å². The zero-order chi connectivity index (χ0) is 17.8. The van der Waals surface area contributed by atoms with Crippen LogP contribution in [0.2, 0.25) is 5.02 Å². The Kier molecular flexibility index (Phi) is 5.34. The molecule has 0 aliphatic carbocycles. The summed E-state index contributed by atoms with van der Waals surface area (Å²) in [6.45, 7) is 3.28. The normalized spacial score (nSPS) is 13.9. The van der Waals surface area contributed by atoms with Crippen LogP contribution in [0.25, 0.3) is 0 Å². The topological polar surface area (TPSA) is 48.0 Å². The fourth-order valence-corrected chi connectivity index (χ4v) is 2.82. The quantitative estimate of drug-likeness (QED) is 0.817. The Hall–Kier alpha value is -2.40. The average Bonchev–Trinajstić information content (AvgIpc) is 2.61. The van der Waals surface area contributed by atoms with Gasteiger partial charge in [-0.1, -0.05) is 23.7 Å². The predicted octanol–water partition coefficient (Wildman–Crippen LogP) is 3.54. The summed E-state index contributed by atoms with van der Waals surface area (Å²) in [4.78, 5) is 14.2. The van der Waals surface area contributed by atoms with Crippen LogP contribution in [0.3, 0.4) is 0 Å². The minimum Gasteiger partial charge on any atom is -0.486 e. The molecule has 25 heavy (non-hydrogen) atoms. The van der Waals surface area contributed by atoms with Crippen LogP contribution in [0, 0.1) is 0 Å². The Morgan fingerprint density at radius 1 is 1.20 bits per heavy atom. The van der Waals surface area contributed by atoms with Gasteiger partial charge >= 0.3 is 0 Å². The first kappa shape index (κ1) is 17.4. The van der Waals surface area contributed by atoms with Crippen LogP contribution in [0.4, 0.5) is 0 Å². The molecular weight excluding hydrogens is 342 g/mol. The van der Waals surface area contributed by atoms with E-state index in [1.807, 2.05) is 18.2 Å². The summed E-state index contributed by atoms with van der Waals surface area (Å²) < 4.78 is 16.8. The molecule has 0 saturated carbocycles. The molecule has 6 heteroatoms. The maximum absolute atomic E-state index is 12.5. The number of rotatable bonds is 5. The van der Waals surface area contributed by atoms with Crippen molar-refractivity contribution < 1.29 is 19.0 Å². The van der Waals surface area contributed by atoms with Crippen molar-refractivity contribution in [2.45, 2.75) is 19.6 Å². The Labute approximate surface area is 152 Å². The van der Waals surface area contributed by atoms with Crippen molar-refractivity contribution in [2.24, 2.45) is 0 Å². The number of halogens is 1. The predicted molar refractivity (Wildman–Crippen MR) is 95.4 cm³/mol. The molecule has 3 rings (SSSR count). The molecule has 2 aromatic carbocycles. The van der Waals surface area contributed by atoms with Gasteiger partial charge in [0, 0.05) is 18.6 Å². The van der Waals surface area contributed by atoms with Gasteiger partial charge in [0.2, 0.25) is 0 Å². The molecule has 5 nitrogen and oxygen atoms in total. The van der Waals surface area contributed by atoms with E-state index in [1.54, 1.807) is 43.1 Å². The molecule has 0 saturated heterocycles. The molecule has 1 atom stereocenters. The molecule has 1 aliphatic rings. The van der Waals surface area contributed by atoms with Crippen molar-refractivity contribution in [1.82, 2.24) is 4.90 Å². The molecule has 0 radical (unpaired) electrons. The first-order valence-electron chi connectivity index (χ1n) is 8.08. The monoisotopic (exact) mass is 361 g/mol. The fourth-order valence-electron chi connectivity index (χ4n) is 2.64. The summed E-state index contributed by atoms with van der Waals surface area (Å²) in [6, 6.07) is 12.7. The summed E-state index contributed by atoms with van der Waals surface area (Å²) in [6.07, 6.45) is -0.610. The van der Waals surface area contributed by atoms with E-state index in [9.17, 15) is 4.79 Å². The van der Waals surface area contributed by atoms with Gasteiger partial charge in [0.25, 0.3) is 5.91 Å². The number of ether oxygens (including phenoxy) is 3. The Bertz CT molecular complexity index is 765. The number of benzene rings is 2. The second-order valence-corrected chi connectivity index (χ2v) is 6.33. The zero-order valence-corrected chi connectivity index (χ0v) is 15.0. The van der Waals surface area contributed by atoms with E-state index in [4.69, 9.17) is 25.8 Å². The highest BCUT2D eigenvalue weighted by Crippen LogP contribution is 2.31. The fraction of sp³-hybridized carbons (Fsp3) is 0.316. The smallest absolute Gasteiger partial charge is 0.263 e. The molecule has 1 aliphatic heterocycles. The number of amides is 1. The first-order chi connectivity index (χ1) is 12.0. The third-order valence-corrected chi connectivity index (χ3v) is 4.09. The van der Waals surface area contributed by atoms with E-state index in [1.165, 1.54) is 0 Å². The van der Waals surface area contributed by atoms with E-state index in [0.29, 0.717) is 36.3 Å². The maximum Gasteiger partial charge on any atom is 0.263 e. The lowest BCUT2D eigenvalue weighted by molar-refractivity contribution is -0.137.